The lowest BCUT2D eigenvalue weighted by molar-refractivity contribution is -0.119. The molecule has 0 aliphatic heterocycles. The molecule has 31 heavy (non-hydrogen) atoms. The van der Waals surface area contributed by atoms with Crippen LogP contribution >= 0.6 is 0 Å². The number of hydrazone groups is 1. The molecular formula is C21H21N3O6S. The van der Waals surface area contributed by atoms with Crippen LogP contribution in [0.5, 0.6) is 11.5 Å². The van der Waals surface area contributed by atoms with Gasteiger partial charge in [-0.2, -0.15) is 5.10 Å². The molecule has 0 fully saturated rings. The molecule has 3 aromatic rings. The molecule has 10 heteroatoms. The second-order valence-electron chi connectivity index (χ2n) is 6.17. The average molecular weight is 443 g/mol. The van der Waals surface area contributed by atoms with Gasteiger partial charge in [-0.1, -0.05) is 18.2 Å². The zero-order valence-corrected chi connectivity index (χ0v) is 17.7. The topological polar surface area (TPSA) is 110 Å². The highest BCUT2D eigenvalue weighted by molar-refractivity contribution is 7.92. The van der Waals surface area contributed by atoms with Crippen molar-refractivity contribution in [2.45, 2.75) is 4.90 Å². The Balaban J connectivity index is 1.92. The van der Waals surface area contributed by atoms with Crippen molar-refractivity contribution in [1.82, 2.24) is 5.43 Å². The predicted octanol–water partition coefficient (Wildman–Crippen LogP) is 2.64. The first-order valence-corrected chi connectivity index (χ1v) is 10.5. The Hall–Kier alpha value is -3.79. The van der Waals surface area contributed by atoms with Crippen LogP contribution in [0.2, 0.25) is 0 Å². The minimum Gasteiger partial charge on any atom is -0.493 e. The van der Waals surface area contributed by atoms with Crippen molar-refractivity contribution < 1.29 is 27.1 Å². The van der Waals surface area contributed by atoms with Crippen LogP contribution in [0.3, 0.4) is 0 Å². The number of nitrogens with zero attached hydrogens (tertiary/aromatic N) is 2. The number of methoxy groups -OCH3 is 2. The number of nitrogens with one attached hydrogen (secondary N) is 1. The van der Waals surface area contributed by atoms with E-state index in [9.17, 15) is 13.2 Å². The third kappa shape index (κ3) is 5.23. The zero-order chi connectivity index (χ0) is 22.3. The van der Waals surface area contributed by atoms with Crippen LogP contribution in [0.15, 0.2) is 81.3 Å². The van der Waals surface area contributed by atoms with E-state index in [1.807, 2.05) is 0 Å². The van der Waals surface area contributed by atoms with E-state index in [-0.39, 0.29) is 10.6 Å². The highest BCUT2D eigenvalue weighted by Crippen LogP contribution is 2.33. The van der Waals surface area contributed by atoms with Gasteiger partial charge in [0, 0.05) is 6.07 Å². The SMILES string of the molecule is COc1ccc(N(CC(=O)N/N=C\c2ccco2)S(=O)(=O)c2ccccc2)cc1OC. The van der Waals surface area contributed by atoms with E-state index in [4.69, 9.17) is 13.9 Å². The van der Waals surface area contributed by atoms with Crippen LogP contribution in [-0.2, 0) is 14.8 Å². The molecule has 1 N–H and O–H groups in total. The van der Waals surface area contributed by atoms with E-state index in [0.29, 0.717) is 17.3 Å². The summed E-state index contributed by atoms with van der Waals surface area (Å²) in [5.41, 5.74) is 2.53. The maximum Gasteiger partial charge on any atom is 0.264 e. The fourth-order valence-electron chi connectivity index (χ4n) is 2.71. The van der Waals surface area contributed by atoms with Crippen molar-refractivity contribution in [3.05, 3.63) is 72.7 Å². The number of ether oxygens (including phenoxy) is 2. The van der Waals surface area contributed by atoms with E-state index in [1.165, 1.54) is 51.0 Å². The lowest BCUT2D eigenvalue weighted by Gasteiger charge is -2.24. The Morgan fingerprint density at radius 2 is 1.81 bits per heavy atom. The van der Waals surface area contributed by atoms with Crippen molar-refractivity contribution in [1.29, 1.82) is 0 Å². The Morgan fingerprint density at radius 3 is 2.45 bits per heavy atom. The first-order valence-electron chi connectivity index (χ1n) is 9.11. The molecule has 0 bridgehead atoms. The molecular weight excluding hydrogens is 422 g/mol. The number of anilines is 1. The van der Waals surface area contributed by atoms with Crippen LogP contribution in [-0.4, -0.2) is 41.3 Å². The molecule has 0 saturated heterocycles. The van der Waals surface area contributed by atoms with Gasteiger partial charge in [0.25, 0.3) is 15.9 Å². The molecule has 2 aromatic carbocycles. The van der Waals surface area contributed by atoms with E-state index in [2.05, 4.69) is 10.5 Å². The first-order chi connectivity index (χ1) is 15.0. The first kappa shape index (κ1) is 21.9. The largest absolute Gasteiger partial charge is 0.493 e. The molecule has 0 aliphatic carbocycles. The number of hydrogen-bond acceptors (Lipinski definition) is 7. The molecule has 1 aromatic heterocycles. The fraction of sp³-hybridized carbons (Fsp3) is 0.143. The molecule has 0 atom stereocenters. The van der Waals surface area contributed by atoms with Gasteiger partial charge in [-0.05, 0) is 36.4 Å². The number of carbonyl (C=O) groups is 1. The Morgan fingerprint density at radius 1 is 1.06 bits per heavy atom. The van der Waals surface area contributed by atoms with Crippen LogP contribution in [0.25, 0.3) is 0 Å². The highest BCUT2D eigenvalue weighted by atomic mass is 32.2. The van der Waals surface area contributed by atoms with E-state index in [1.54, 1.807) is 36.4 Å². The van der Waals surface area contributed by atoms with Crippen LogP contribution < -0.4 is 19.2 Å². The number of sulfonamides is 1. The van der Waals surface area contributed by atoms with E-state index >= 15 is 0 Å². The summed E-state index contributed by atoms with van der Waals surface area (Å²) in [7, 11) is -1.15. The van der Waals surface area contributed by atoms with Crippen LogP contribution in [0.1, 0.15) is 5.76 Å². The molecule has 162 valence electrons. The third-order valence-electron chi connectivity index (χ3n) is 4.20. The second-order valence-corrected chi connectivity index (χ2v) is 8.03. The Kier molecular flexibility index (Phi) is 6.93. The molecule has 0 spiro atoms. The summed E-state index contributed by atoms with van der Waals surface area (Å²) in [5, 5.41) is 3.79. The van der Waals surface area contributed by atoms with Gasteiger partial charge in [0.05, 0.1) is 37.3 Å². The maximum atomic E-state index is 13.3. The number of benzene rings is 2. The minimum absolute atomic E-state index is 0.0386. The highest BCUT2D eigenvalue weighted by Gasteiger charge is 2.28. The summed E-state index contributed by atoms with van der Waals surface area (Å²) < 4.78 is 43.2. The summed E-state index contributed by atoms with van der Waals surface area (Å²) in [4.78, 5) is 12.5. The second kappa shape index (κ2) is 9.81. The maximum absolute atomic E-state index is 13.3. The van der Waals surface area contributed by atoms with Gasteiger partial charge < -0.3 is 13.9 Å². The van der Waals surface area contributed by atoms with Gasteiger partial charge in [-0.15, -0.1) is 0 Å². The van der Waals surface area contributed by atoms with Gasteiger partial charge in [0.15, 0.2) is 11.5 Å². The van der Waals surface area contributed by atoms with Crippen molar-refractivity contribution in [2.75, 3.05) is 25.1 Å². The quantitative estimate of drug-likeness (QED) is 0.402. The normalized spacial score (nSPS) is 11.3. The molecule has 3 rings (SSSR count). The molecule has 0 radical (unpaired) electrons. The van der Waals surface area contributed by atoms with Gasteiger partial charge >= 0.3 is 0 Å². The summed E-state index contributed by atoms with van der Waals surface area (Å²) in [5.74, 6) is 0.548. The van der Waals surface area contributed by atoms with Crippen molar-refractivity contribution in [2.24, 2.45) is 5.10 Å². The van der Waals surface area contributed by atoms with Gasteiger partial charge in [0.1, 0.15) is 12.3 Å². The molecule has 0 aliphatic rings. The number of furan rings is 1. The lowest BCUT2D eigenvalue weighted by Crippen LogP contribution is -2.39. The van der Waals surface area contributed by atoms with Gasteiger partial charge in [-0.25, -0.2) is 13.8 Å². The standard InChI is InChI=1S/C21H21N3O6S/c1-28-19-11-10-16(13-20(19)29-2)24(31(26,27)18-8-4-3-5-9-18)15-21(25)23-22-14-17-7-6-12-30-17/h3-14H,15H2,1-2H3,(H,23,25)/b22-14-. The molecule has 1 heterocycles. The number of rotatable bonds is 9. The van der Waals surface area contributed by atoms with E-state index < -0.39 is 22.5 Å². The average Bonchev–Trinajstić information content (AvgIpc) is 3.31. The zero-order valence-electron chi connectivity index (χ0n) is 16.9. The number of hydrogen-bond donors (Lipinski definition) is 1. The number of amides is 1. The van der Waals surface area contributed by atoms with Crippen molar-refractivity contribution >= 4 is 27.8 Å². The predicted molar refractivity (Wildman–Crippen MR) is 115 cm³/mol. The monoisotopic (exact) mass is 443 g/mol. The third-order valence-corrected chi connectivity index (χ3v) is 5.99. The molecule has 0 saturated carbocycles. The van der Waals surface area contributed by atoms with Crippen LogP contribution in [0, 0.1) is 0 Å². The van der Waals surface area contributed by atoms with Crippen molar-refractivity contribution in [3.8, 4) is 11.5 Å². The van der Waals surface area contributed by atoms with Gasteiger partial charge in [0.2, 0.25) is 0 Å². The summed E-state index contributed by atoms with van der Waals surface area (Å²) >= 11 is 0. The smallest absolute Gasteiger partial charge is 0.264 e. The summed E-state index contributed by atoms with van der Waals surface area (Å²) in [6, 6.07) is 15.7. The fourth-order valence-corrected chi connectivity index (χ4v) is 4.15. The molecule has 0 unspecified atom stereocenters. The Bertz CT molecular complexity index is 1150. The lowest BCUT2D eigenvalue weighted by atomic mass is 10.2. The summed E-state index contributed by atoms with van der Waals surface area (Å²) in [6.07, 6.45) is 2.78. The number of carbonyl (C=O) groups excluding carboxylic acids is 1. The summed E-state index contributed by atoms with van der Waals surface area (Å²) in [6.45, 7) is -0.512. The van der Waals surface area contributed by atoms with Gasteiger partial charge in [-0.3, -0.25) is 9.10 Å². The minimum atomic E-state index is -4.06. The van der Waals surface area contributed by atoms with Crippen LogP contribution in [0.4, 0.5) is 5.69 Å². The van der Waals surface area contributed by atoms with Crippen molar-refractivity contribution in [3.63, 3.8) is 0 Å². The molecule has 9 nitrogen and oxygen atoms in total. The molecule has 1 amide bonds. The Labute approximate surface area is 179 Å². The van der Waals surface area contributed by atoms with E-state index in [0.717, 1.165) is 4.31 Å².